The zero-order valence-corrected chi connectivity index (χ0v) is 8.28. The van der Waals surface area contributed by atoms with Crippen LogP contribution < -0.4 is 10.5 Å². The third-order valence-corrected chi connectivity index (χ3v) is 2.08. The van der Waals surface area contributed by atoms with E-state index >= 15 is 0 Å². The van der Waals surface area contributed by atoms with Crippen LogP contribution >= 0.6 is 0 Å². The highest BCUT2D eigenvalue weighted by Crippen LogP contribution is 2.22. The Balaban J connectivity index is 2.97. The first-order valence-corrected chi connectivity index (χ1v) is 4.34. The molecule has 0 atom stereocenters. The van der Waals surface area contributed by atoms with E-state index < -0.39 is 6.16 Å². The number of carboxylic acid groups (broad SMARTS) is 1. The van der Waals surface area contributed by atoms with Crippen molar-refractivity contribution in [2.24, 2.45) is 5.73 Å². The van der Waals surface area contributed by atoms with E-state index in [0.29, 0.717) is 18.8 Å². The predicted molar refractivity (Wildman–Crippen MR) is 51.6 cm³/mol. The molecular formula is C9H14N2O3. The minimum atomic E-state index is -1.29. The van der Waals surface area contributed by atoms with Gasteiger partial charge in [-0.2, -0.15) is 0 Å². The summed E-state index contributed by atoms with van der Waals surface area (Å²) in [5, 5.41) is 8.47. The van der Waals surface area contributed by atoms with E-state index in [9.17, 15) is 4.79 Å². The van der Waals surface area contributed by atoms with Crippen molar-refractivity contribution in [3.63, 3.8) is 0 Å². The zero-order chi connectivity index (χ0) is 10.7. The molecule has 0 radical (unpaired) electrons. The maximum absolute atomic E-state index is 10.3. The molecule has 3 N–H and O–H groups in total. The van der Waals surface area contributed by atoms with Gasteiger partial charge in [-0.15, -0.1) is 0 Å². The van der Waals surface area contributed by atoms with Crippen molar-refractivity contribution in [3.8, 4) is 5.75 Å². The molecule has 14 heavy (non-hydrogen) atoms. The summed E-state index contributed by atoms with van der Waals surface area (Å²) in [5.74, 6) is 0.378. The van der Waals surface area contributed by atoms with E-state index in [1.54, 1.807) is 13.0 Å². The molecule has 1 rings (SSSR count). The Bertz CT molecular complexity index is 344. The number of aryl methyl sites for hydroxylation is 1. The summed E-state index contributed by atoms with van der Waals surface area (Å²) in [6, 6.07) is 1.69. The Morgan fingerprint density at radius 3 is 2.79 bits per heavy atom. The lowest BCUT2D eigenvalue weighted by Crippen LogP contribution is -2.12. The Labute approximate surface area is 82.1 Å². The normalized spacial score (nSPS) is 10.2. The molecule has 0 aliphatic carbocycles. The number of rotatable bonds is 3. The minimum absolute atomic E-state index is 0.378. The molecule has 0 aromatic carbocycles. The Kier molecular flexibility index (Phi) is 3.14. The SMILES string of the molecule is Cc1cc(OC(=O)O)c(C)n1CCN. The monoisotopic (exact) mass is 198 g/mol. The largest absolute Gasteiger partial charge is 0.511 e. The van der Waals surface area contributed by atoms with Crippen molar-refractivity contribution in [3.05, 3.63) is 17.5 Å². The van der Waals surface area contributed by atoms with Crippen LogP contribution in [-0.2, 0) is 6.54 Å². The third-order valence-electron chi connectivity index (χ3n) is 2.08. The molecular weight excluding hydrogens is 184 g/mol. The van der Waals surface area contributed by atoms with E-state index in [1.165, 1.54) is 0 Å². The van der Waals surface area contributed by atoms with Crippen molar-refractivity contribution >= 4 is 6.16 Å². The van der Waals surface area contributed by atoms with Crippen LogP contribution in [0.5, 0.6) is 5.75 Å². The smallest absolute Gasteiger partial charge is 0.449 e. The molecule has 0 saturated carbocycles. The number of hydrogen-bond donors (Lipinski definition) is 2. The van der Waals surface area contributed by atoms with Crippen molar-refractivity contribution in [1.29, 1.82) is 0 Å². The van der Waals surface area contributed by atoms with Gasteiger partial charge in [0.05, 0.1) is 5.69 Å². The summed E-state index contributed by atoms with van der Waals surface area (Å²) < 4.78 is 6.54. The minimum Gasteiger partial charge on any atom is -0.449 e. The van der Waals surface area contributed by atoms with Crippen LogP contribution in [0.4, 0.5) is 4.79 Å². The van der Waals surface area contributed by atoms with Gasteiger partial charge >= 0.3 is 6.16 Å². The maximum Gasteiger partial charge on any atom is 0.511 e. The van der Waals surface area contributed by atoms with Crippen molar-refractivity contribution in [2.45, 2.75) is 20.4 Å². The van der Waals surface area contributed by atoms with E-state index in [1.807, 2.05) is 11.5 Å². The predicted octanol–water partition coefficient (Wildman–Crippen LogP) is 1.12. The van der Waals surface area contributed by atoms with Crippen molar-refractivity contribution < 1.29 is 14.6 Å². The quantitative estimate of drug-likeness (QED) is 0.713. The number of nitrogens with zero attached hydrogens (tertiary/aromatic N) is 1. The number of ether oxygens (including phenoxy) is 1. The van der Waals surface area contributed by atoms with E-state index in [0.717, 1.165) is 11.4 Å². The van der Waals surface area contributed by atoms with E-state index in [2.05, 4.69) is 4.74 Å². The first kappa shape index (κ1) is 10.6. The fourth-order valence-corrected chi connectivity index (χ4v) is 1.44. The van der Waals surface area contributed by atoms with Crippen LogP contribution in [0.2, 0.25) is 0 Å². The van der Waals surface area contributed by atoms with Crippen molar-refractivity contribution in [1.82, 2.24) is 4.57 Å². The summed E-state index contributed by atoms with van der Waals surface area (Å²) in [5.41, 5.74) is 7.17. The molecule has 0 bridgehead atoms. The number of hydrogen-bond acceptors (Lipinski definition) is 3. The molecule has 0 spiro atoms. The Morgan fingerprint density at radius 1 is 1.64 bits per heavy atom. The topological polar surface area (TPSA) is 77.5 Å². The van der Waals surface area contributed by atoms with Crippen molar-refractivity contribution in [2.75, 3.05) is 6.54 Å². The fraction of sp³-hybridized carbons (Fsp3) is 0.444. The van der Waals surface area contributed by atoms with Gasteiger partial charge in [0, 0.05) is 24.8 Å². The van der Waals surface area contributed by atoms with Crippen LogP contribution in [0, 0.1) is 13.8 Å². The molecule has 0 unspecified atom stereocenters. The molecule has 1 aromatic rings. The van der Waals surface area contributed by atoms with Gasteiger partial charge in [0.1, 0.15) is 0 Å². The second kappa shape index (κ2) is 4.15. The van der Waals surface area contributed by atoms with Crippen LogP contribution in [0.25, 0.3) is 0 Å². The average molecular weight is 198 g/mol. The summed E-state index contributed by atoms with van der Waals surface area (Å²) >= 11 is 0. The molecule has 0 fully saturated rings. The number of nitrogens with two attached hydrogens (primary N) is 1. The second-order valence-corrected chi connectivity index (χ2v) is 3.04. The summed E-state index contributed by atoms with van der Waals surface area (Å²) in [4.78, 5) is 10.3. The molecule has 1 heterocycles. The molecule has 0 saturated heterocycles. The number of carbonyl (C=O) groups is 1. The highest BCUT2D eigenvalue weighted by molar-refractivity contribution is 5.62. The maximum atomic E-state index is 10.3. The highest BCUT2D eigenvalue weighted by atomic mass is 16.7. The summed E-state index contributed by atoms with van der Waals surface area (Å²) in [7, 11) is 0. The third kappa shape index (κ3) is 2.05. The van der Waals surface area contributed by atoms with Crippen LogP contribution in [0.3, 0.4) is 0 Å². The van der Waals surface area contributed by atoms with Crippen LogP contribution in [0.1, 0.15) is 11.4 Å². The lowest BCUT2D eigenvalue weighted by molar-refractivity contribution is 0.144. The molecule has 5 nitrogen and oxygen atoms in total. The zero-order valence-electron chi connectivity index (χ0n) is 8.28. The molecule has 0 aliphatic rings. The lowest BCUT2D eigenvalue weighted by Gasteiger charge is -2.06. The van der Waals surface area contributed by atoms with Gasteiger partial charge in [-0.05, 0) is 13.8 Å². The van der Waals surface area contributed by atoms with Crippen LogP contribution in [-0.4, -0.2) is 22.4 Å². The first-order valence-electron chi connectivity index (χ1n) is 4.34. The highest BCUT2D eigenvalue weighted by Gasteiger charge is 2.11. The van der Waals surface area contributed by atoms with E-state index in [4.69, 9.17) is 10.8 Å². The molecule has 0 aliphatic heterocycles. The average Bonchev–Trinajstić information content (AvgIpc) is 2.32. The number of aromatic nitrogens is 1. The summed E-state index contributed by atoms with van der Waals surface area (Å²) in [6.07, 6.45) is -1.29. The van der Waals surface area contributed by atoms with Gasteiger partial charge in [-0.3, -0.25) is 0 Å². The van der Waals surface area contributed by atoms with Gasteiger partial charge in [-0.25, -0.2) is 4.79 Å². The second-order valence-electron chi connectivity index (χ2n) is 3.04. The van der Waals surface area contributed by atoms with Gasteiger partial charge in [0.2, 0.25) is 0 Å². The van der Waals surface area contributed by atoms with Gasteiger partial charge < -0.3 is 20.1 Å². The first-order chi connectivity index (χ1) is 6.56. The molecule has 1 aromatic heterocycles. The Hall–Kier alpha value is -1.49. The molecule has 0 amide bonds. The van der Waals surface area contributed by atoms with Gasteiger partial charge in [0.15, 0.2) is 5.75 Å². The standard InChI is InChI=1S/C9H14N2O3/c1-6-5-8(14-9(12)13)7(2)11(6)4-3-10/h5H,3-4,10H2,1-2H3,(H,12,13). The van der Waals surface area contributed by atoms with Gasteiger partial charge in [0.25, 0.3) is 0 Å². The Morgan fingerprint density at radius 2 is 2.29 bits per heavy atom. The van der Waals surface area contributed by atoms with E-state index in [-0.39, 0.29) is 0 Å². The van der Waals surface area contributed by atoms with Gasteiger partial charge in [-0.1, -0.05) is 0 Å². The molecule has 5 heteroatoms. The van der Waals surface area contributed by atoms with Crippen LogP contribution in [0.15, 0.2) is 6.07 Å². The summed E-state index contributed by atoms with van der Waals surface area (Å²) in [6.45, 7) is 4.88. The lowest BCUT2D eigenvalue weighted by atomic mass is 10.4. The molecule has 78 valence electrons. The fourth-order valence-electron chi connectivity index (χ4n) is 1.44.